The molecule has 1 atom stereocenters. The maximum Gasteiger partial charge on any atom is 0.239 e. The number of anilines is 1. The first kappa shape index (κ1) is 17.2. The minimum atomic E-state index is -0.585. The second-order valence-corrected chi connectivity index (χ2v) is 8.59. The number of rotatable bonds is 2. The second-order valence-electron chi connectivity index (χ2n) is 7.30. The average molecular weight is 369 g/mol. The van der Waals surface area contributed by atoms with Gasteiger partial charge in [0, 0.05) is 30.7 Å². The molecule has 3 heterocycles. The van der Waals surface area contributed by atoms with Crippen LogP contribution >= 0.6 is 11.3 Å². The van der Waals surface area contributed by atoms with Crippen LogP contribution in [-0.4, -0.2) is 41.8 Å². The van der Waals surface area contributed by atoms with Gasteiger partial charge in [-0.1, -0.05) is 18.2 Å². The monoisotopic (exact) mass is 369 g/mol. The van der Waals surface area contributed by atoms with Gasteiger partial charge in [0.15, 0.2) is 0 Å². The van der Waals surface area contributed by atoms with Gasteiger partial charge in [0.2, 0.25) is 11.8 Å². The van der Waals surface area contributed by atoms with Crippen LogP contribution in [-0.2, 0) is 21.4 Å². The SMILES string of the molecule is Cc1nc(C)c(CC(=O)N2CCC[C@]3(C2)C(=O)N(C)c2ccccc23)s1. The lowest BCUT2D eigenvalue weighted by Crippen LogP contribution is -2.53. The number of likely N-dealkylation sites (tertiary alicyclic amines) is 1. The van der Waals surface area contributed by atoms with Gasteiger partial charge in [-0.25, -0.2) is 4.98 Å². The molecule has 0 radical (unpaired) electrons. The maximum absolute atomic E-state index is 13.1. The third-order valence-corrected chi connectivity index (χ3v) is 6.72. The molecular weight excluding hydrogens is 346 g/mol. The van der Waals surface area contributed by atoms with E-state index in [4.69, 9.17) is 0 Å². The van der Waals surface area contributed by atoms with E-state index in [0.29, 0.717) is 13.0 Å². The van der Waals surface area contributed by atoms with Gasteiger partial charge in [0.25, 0.3) is 0 Å². The molecule has 0 bridgehead atoms. The predicted molar refractivity (Wildman–Crippen MR) is 103 cm³/mol. The molecule has 0 aliphatic carbocycles. The highest BCUT2D eigenvalue weighted by Gasteiger charge is 2.52. The number of likely N-dealkylation sites (N-methyl/N-ethyl adjacent to an activating group) is 1. The molecule has 1 fully saturated rings. The number of hydrogen-bond donors (Lipinski definition) is 0. The largest absolute Gasteiger partial charge is 0.341 e. The Balaban J connectivity index is 1.61. The second kappa shape index (κ2) is 6.20. The standard InChI is InChI=1S/C20H23N3O2S/c1-13-17(26-14(2)21-13)11-18(24)23-10-6-9-20(12-23)15-7-4-5-8-16(15)22(3)19(20)25/h4-5,7-8H,6,9-12H2,1-3H3/t20-/m1/s1. The number of fused-ring (bicyclic) bond motifs is 2. The Morgan fingerprint density at radius 3 is 2.81 bits per heavy atom. The molecule has 2 aliphatic heterocycles. The Morgan fingerprint density at radius 1 is 1.31 bits per heavy atom. The number of aromatic nitrogens is 1. The number of thiazole rings is 1. The highest BCUT2D eigenvalue weighted by Crippen LogP contribution is 2.46. The third kappa shape index (κ3) is 2.55. The van der Waals surface area contributed by atoms with Crippen molar-refractivity contribution in [1.82, 2.24) is 9.88 Å². The summed E-state index contributed by atoms with van der Waals surface area (Å²) in [6, 6.07) is 7.98. The van der Waals surface area contributed by atoms with E-state index in [2.05, 4.69) is 4.98 Å². The number of carbonyl (C=O) groups excluding carboxylic acids is 2. The van der Waals surface area contributed by atoms with Gasteiger partial charge in [-0.05, 0) is 38.3 Å². The first-order chi connectivity index (χ1) is 12.4. The number of piperidine rings is 1. The fourth-order valence-corrected chi connectivity index (χ4v) is 5.29. The summed E-state index contributed by atoms with van der Waals surface area (Å²) in [4.78, 5) is 35.1. The van der Waals surface area contributed by atoms with Crippen molar-refractivity contribution < 1.29 is 9.59 Å². The Labute approximate surface area is 157 Å². The van der Waals surface area contributed by atoms with Crippen molar-refractivity contribution >= 4 is 28.8 Å². The van der Waals surface area contributed by atoms with Gasteiger partial charge in [0.05, 0.1) is 22.5 Å². The van der Waals surface area contributed by atoms with Crippen LogP contribution < -0.4 is 4.90 Å². The van der Waals surface area contributed by atoms with Crippen molar-refractivity contribution in [3.05, 3.63) is 45.4 Å². The molecule has 2 aliphatic rings. The quantitative estimate of drug-likeness (QED) is 0.818. The van der Waals surface area contributed by atoms with Crippen LogP contribution in [0.1, 0.15) is 34.0 Å². The number of amides is 2. The molecule has 0 saturated carbocycles. The van der Waals surface area contributed by atoms with Crippen molar-refractivity contribution in [2.75, 3.05) is 25.0 Å². The van der Waals surface area contributed by atoms with Crippen LogP contribution in [0.25, 0.3) is 0 Å². The van der Waals surface area contributed by atoms with Gasteiger partial charge in [-0.15, -0.1) is 11.3 Å². The molecule has 2 aromatic rings. The predicted octanol–water partition coefficient (Wildman–Crippen LogP) is 2.84. The summed E-state index contributed by atoms with van der Waals surface area (Å²) in [5.74, 6) is 0.205. The molecule has 5 nitrogen and oxygen atoms in total. The summed E-state index contributed by atoms with van der Waals surface area (Å²) in [6.45, 7) is 5.11. The molecule has 1 aromatic carbocycles. The molecule has 136 valence electrons. The summed E-state index contributed by atoms with van der Waals surface area (Å²) in [6.07, 6.45) is 2.02. The van der Waals surface area contributed by atoms with Crippen molar-refractivity contribution in [3.63, 3.8) is 0 Å². The smallest absolute Gasteiger partial charge is 0.239 e. The minimum absolute atomic E-state index is 0.0932. The Kier molecular flexibility index (Phi) is 4.10. The Bertz CT molecular complexity index is 891. The van der Waals surface area contributed by atoms with Crippen LogP contribution in [0.4, 0.5) is 5.69 Å². The van der Waals surface area contributed by atoms with Gasteiger partial charge in [-0.2, -0.15) is 0 Å². The number of benzene rings is 1. The highest BCUT2D eigenvalue weighted by atomic mass is 32.1. The lowest BCUT2D eigenvalue weighted by atomic mass is 9.75. The Morgan fingerprint density at radius 2 is 2.08 bits per heavy atom. The molecule has 26 heavy (non-hydrogen) atoms. The van der Waals surface area contributed by atoms with Crippen molar-refractivity contribution in [2.45, 2.75) is 38.5 Å². The molecule has 0 N–H and O–H groups in total. The normalized spacial score (nSPS) is 22.2. The minimum Gasteiger partial charge on any atom is -0.341 e. The maximum atomic E-state index is 13.1. The summed E-state index contributed by atoms with van der Waals surface area (Å²) in [5, 5.41) is 0.988. The first-order valence-electron chi connectivity index (χ1n) is 9.01. The van der Waals surface area contributed by atoms with E-state index < -0.39 is 5.41 Å². The molecule has 2 amide bonds. The summed E-state index contributed by atoms with van der Waals surface area (Å²) < 4.78 is 0. The van der Waals surface area contributed by atoms with Crippen molar-refractivity contribution in [1.29, 1.82) is 0 Å². The van der Waals surface area contributed by atoms with E-state index >= 15 is 0 Å². The average Bonchev–Trinajstić information content (AvgIpc) is 3.05. The topological polar surface area (TPSA) is 53.5 Å². The van der Waals surface area contributed by atoms with Gasteiger partial charge in [0.1, 0.15) is 0 Å². The zero-order valence-electron chi connectivity index (χ0n) is 15.4. The van der Waals surface area contributed by atoms with E-state index in [-0.39, 0.29) is 11.8 Å². The third-order valence-electron chi connectivity index (χ3n) is 5.65. The molecule has 4 rings (SSSR count). The lowest BCUT2D eigenvalue weighted by molar-refractivity contribution is -0.135. The molecule has 1 spiro atoms. The number of aryl methyl sites for hydroxylation is 2. The van der Waals surface area contributed by atoms with Gasteiger partial charge in [-0.3, -0.25) is 9.59 Å². The van der Waals surface area contributed by atoms with Crippen LogP contribution in [0.2, 0.25) is 0 Å². The fourth-order valence-electron chi connectivity index (χ4n) is 4.37. The fraction of sp³-hybridized carbons (Fsp3) is 0.450. The zero-order valence-corrected chi connectivity index (χ0v) is 16.2. The molecule has 1 aromatic heterocycles. The molecule has 6 heteroatoms. The van der Waals surface area contributed by atoms with Gasteiger partial charge >= 0.3 is 0 Å². The molecular formula is C20H23N3O2S. The first-order valence-corrected chi connectivity index (χ1v) is 9.82. The highest BCUT2D eigenvalue weighted by molar-refractivity contribution is 7.11. The van der Waals surface area contributed by atoms with E-state index in [1.54, 1.807) is 16.2 Å². The summed E-state index contributed by atoms with van der Waals surface area (Å²) in [7, 11) is 1.83. The zero-order chi connectivity index (χ0) is 18.5. The van der Waals surface area contributed by atoms with E-state index in [9.17, 15) is 9.59 Å². The molecule has 0 unspecified atom stereocenters. The van der Waals surface area contributed by atoms with E-state index in [1.165, 1.54) is 0 Å². The summed E-state index contributed by atoms with van der Waals surface area (Å²) >= 11 is 1.59. The van der Waals surface area contributed by atoms with Gasteiger partial charge < -0.3 is 9.80 Å². The van der Waals surface area contributed by atoms with Crippen LogP contribution in [0.3, 0.4) is 0 Å². The number of nitrogens with zero attached hydrogens (tertiary/aromatic N) is 3. The van der Waals surface area contributed by atoms with Crippen LogP contribution in [0, 0.1) is 13.8 Å². The number of hydrogen-bond acceptors (Lipinski definition) is 4. The summed E-state index contributed by atoms with van der Waals surface area (Å²) in [5.41, 5.74) is 2.39. The van der Waals surface area contributed by atoms with Crippen LogP contribution in [0.5, 0.6) is 0 Å². The molecule has 1 saturated heterocycles. The van der Waals surface area contributed by atoms with Crippen molar-refractivity contribution in [3.8, 4) is 0 Å². The van der Waals surface area contributed by atoms with Crippen molar-refractivity contribution in [2.24, 2.45) is 0 Å². The van der Waals surface area contributed by atoms with Crippen LogP contribution in [0.15, 0.2) is 24.3 Å². The lowest BCUT2D eigenvalue weighted by Gasteiger charge is -2.39. The number of carbonyl (C=O) groups is 2. The Hall–Kier alpha value is -2.21. The van der Waals surface area contributed by atoms with E-state index in [0.717, 1.165) is 46.2 Å². The van der Waals surface area contributed by atoms with E-state index in [1.807, 2.05) is 50.1 Å². The number of para-hydroxylation sites is 1.